The van der Waals surface area contributed by atoms with Crippen LogP contribution in [-0.2, 0) is 0 Å². The lowest BCUT2D eigenvalue weighted by Crippen LogP contribution is -2.04. The number of benzene rings is 1. The molecule has 0 bridgehead atoms. The third-order valence-corrected chi connectivity index (χ3v) is 2.61. The maximum Gasteiger partial charge on any atom is 0.203 e. The van der Waals surface area contributed by atoms with Crippen molar-refractivity contribution >= 4 is 22.5 Å². The second-order valence-electron chi connectivity index (χ2n) is 3.77. The summed E-state index contributed by atoms with van der Waals surface area (Å²) in [4.78, 5) is 4.23. The lowest BCUT2D eigenvalue weighted by atomic mass is 10.2. The summed E-state index contributed by atoms with van der Waals surface area (Å²) in [5.41, 5.74) is 1.25. The van der Waals surface area contributed by atoms with Crippen LogP contribution in [0.5, 0.6) is 0 Å². The summed E-state index contributed by atoms with van der Waals surface area (Å²) >= 11 is 0. The van der Waals surface area contributed by atoms with Crippen LogP contribution >= 0.6 is 0 Å². The van der Waals surface area contributed by atoms with E-state index in [1.807, 2.05) is 6.92 Å². The zero-order valence-electron chi connectivity index (χ0n) is 9.48. The molecule has 0 atom stereocenters. The highest BCUT2D eigenvalue weighted by Crippen LogP contribution is 2.22. The molecule has 0 aliphatic rings. The summed E-state index contributed by atoms with van der Waals surface area (Å²) in [6.45, 7) is 2.55. The van der Waals surface area contributed by atoms with Crippen LogP contribution in [0.25, 0.3) is 16.7 Å². The molecular weight excluding hydrogens is 240 g/mol. The van der Waals surface area contributed by atoms with Crippen molar-refractivity contribution in [3.8, 4) is 0 Å². The SMILES string of the molecule is CCNc1nc2cc(F)c(F)cc2n2cnnc12. The Labute approximate surface area is 100 Å². The number of hydrogen-bond acceptors (Lipinski definition) is 4. The van der Waals surface area contributed by atoms with Gasteiger partial charge < -0.3 is 5.32 Å². The van der Waals surface area contributed by atoms with Crippen LogP contribution < -0.4 is 5.32 Å². The predicted octanol–water partition coefficient (Wildman–Crippen LogP) is 1.99. The molecule has 7 heteroatoms. The first-order chi connectivity index (χ1) is 8.70. The number of nitrogens with zero attached hydrogens (tertiary/aromatic N) is 4. The number of rotatable bonds is 2. The van der Waals surface area contributed by atoms with Crippen LogP contribution in [0.3, 0.4) is 0 Å². The molecule has 2 aromatic heterocycles. The number of aromatic nitrogens is 4. The van der Waals surface area contributed by atoms with Gasteiger partial charge in [0.2, 0.25) is 5.65 Å². The van der Waals surface area contributed by atoms with Crippen molar-refractivity contribution in [2.24, 2.45) is 0 Å². The minimum atomic E-state index is -0.926. The fourth-order valence-corrected chi connectivity index (χ4v) is 1.84. The second kappa shape index (κ2) is 3.86. The van der Waals surface area contributed by atoms with Gasteiger partial charge in [0, 0.05) is 18.7 Å². The fraction of sp³-hybridized carbons (Fsp3) is 0.182. The van der Waals surface area contributed by atoms with Gasteiger partial charge in [0.15, 0.2) is 17.5 Å². The summed E-state index contributed by atoms with van der Waals surface area (Å²) in [5, 5.41) is 10.7. The first kappa shape index (κ1) is 10.8. The van der Waals surface area contributed by atoms with Gasteiger partial charge in [-0.3, -0.25) is 4.40 Å². The van der Waals surface area contributed by atoms with E-state index < -0.39 is 11.6 Å². The monoisotopic (exact) mass is 249 g/mol. The Kier molecular flexibility index (Phi) is 2.32. The Morgan fingerprint density at radius 1 is 1.28 bits per heavy atom. The van der Waals surface area contributed by atoms with Gasteiger partial charge in [-0.15, -0.1) is 10.2 Å². The fourth-order valence-electron chi connectivity index (χ4n) is 1.84. The minimum absolute atomic E-state index is 0.345. The lowest BCUT2D eigenvalue weighted by molar-refractivity contribution is 0.510. The number of hydrogen-bond donors (Lipinski definition) is 1. The van der Waals surface area contributed by atoms with E-state index in [0.717, 1.165) is 12.1 Å². The summed E-state index contributed by atoms with van der Waals surface area (Å²) in [6.07, 6.45) is 1.44. The molecule has 1 N–H and O–H groups in total. The summed E-state index contributed by atoms with van der Waals surface area (Å²) in [6, 6.07) is 2.15. The summed E-state index contributed by atoms with van der Waals surface area (Å²) in [5.74, 6) is -1.35. The van der Waals surface area contributed by atoms with Crippen LogP contribution in [0, 0.1) is 11.6 Å². The summed E-state index contributed by atoms with van der Waals surface area (Å²) < 4.78 is 28.0. The standard InChI is InChI=1S/C11H9F2N5/c1-2-14-10-11-17-15-5-18(11)9-4-7(13)6(12)3-8(9)16-10/h3-5H,2H2,1H3,(H,14,16). The van der Waals surface area contributed by atoms with E-state index in [4.69, 9.17) is 0 Å². The van der Waals surface area contributed by atoms with E-state index >= 15 is 0 Å². The van der Waals surface area contributed by atoms with Crippen molar-refractivity contribution in [1.82, 2.24) is 19.6 Å². The normalized spacial score (nSPS) is 11.3. The third-order valence-electron chi connectivity index (χ3n) is 2.61. The molecule has 0 spiro atoms. The molecule has 92 valence electrons. The maximum absolute atomic E-state index is 13.3. The Bertz CT molecular complexity index is 737. The first-order valence-corrected chi connectivity index (χ1v) is 5.43. The highest BCUT2D eigenvalue weighted by atomic mass is 19.2. The van der Waals surface area contributed by atoms with Crippen molar-refractivity contribution in [2.75, 3.05) is 11.9 Å². The molecule has 0 fully saturated rings. The third kappa shape index (κ3) is 1.47. The maximum atomic E-state index is 13.3. The minimum Gasteiger partial charge on any atom is -0.367 e. The summed E-state index contributed by atoms with van der Waals surface area (Å²) in [7, 11) is 0. The van der Waals surface area contributed by atoms with Crippen LogP contribution in [0.1, 0.15) is 6.92 Å². The topological polar surface area (TPSA) is 55.1 Å². The van der Waals surface area contributed by atoms with Gasteiger partial charge in [-0.2, -0.15) is 0 Å². The predicted molar refractivity (Wildman–Crippen MR) is 62.4 cm³/mol. The Hall–Kier alpha value is -2.31. The Morgan fingerprint density at radius 3 is 2.83 bits per heavy atom. The largest absolute Gasteiger partial charge is 0.367 e. The van der Waals surface area contributed by atoms with Crippen LogP contribution in [-0.4, -0.2) is 26.1 Å². The number of fused-ring (bicyclic) bond motifs is 3. The Balaban J connectivity index is 2.43. The molecule has 3 aromatic rings. The zero-order valence-corrected chi connectivity index (χ0v) is 9.48. The van der Waals surface area contributed by atoms with Crippen molar-refractivity contribution < 1.29 is 8.78 Å². The Morgan fingerprint density at radius 2 is 2.06 bits per heavy atom. The van der Waals surface area contributed by atoms with Crippen molar-refractivity contribution in [2.45, 2.75) is 6.92 Å². The van der Waals surface area contributed by atoms with Crippen molar-refractivity contribution in [3.05, 3.63) is 30.1 Å². The second-order valence-corrected chi connectivity index (χ2v) is 3.77. The van der Waals surface area contributed by atoms with E-state index in [-0.39, 0.29) is 0 Å². The highest BCUT2D eigenvalue weighted by molar-refractivity contribution is 5.82. The van der Waals surface area contributed by atoms with Crippen LogP contribution in [0.4, 0.5) is 14.6 Å². The lowest BCUT2D eigenvalue weighted by Gasteiger charge is -2.07. The molecule has 0 unspecified atom stereocenters. The van der Waals surface area contributed by atoms with E-state index in [1.165, 1.54) is 6.33 Å². The molecule has 1 aromatic carbocycles. The molecule has 0 radical (unpaired) electrons. The van der Waals surface area contributed by atoms with E-state index in [2.05, 4.69) is 20.5 Å². The van der Waals surface area contributed by atoms with Crippen LogP contribution in [0.2, 0.25) is 0 Å². The van der Waals surface area contributed by atoms with Gasteiger partial charge in [0.25, 0.3) is 0 Å². The van der Waals surface area contributed by atoms with Gasteiger partial charge in [-0.25, -0.2) is 13.8 Å². The van der Waals surface area contributed by atoms with E-state index in [9.17, 15) is 8.78 Å². The molecule has 18 heavy (non-hydrogen) atoms. The number of nitrogens with one attached hydrogen (secondary N) is 1. The quantitative estimate of drug-likeness (QED) is 0.754. The molecule has 2 heterocycles. The molecular formula is C11H9F2N5. The highest BCUT2D eigenvalue weighted by Gasteiger charge is 2.12. The number of anilines is 1. The van der Waals surface area contributed by atoms with E-state index in [0.29, 0.717) is 29.0 Å². The van der Waals surface area contributed by atoms with Crippen LogP contribution in [0.15, 0.2) is 18.5 Å². The average Bonchev–Trinajstić information content (AvgIpc) is 2.82. The smallest absolute Gasteiger partial charge is 0.203 e. The number of halogens is 2. The molecule has 0 saturated heterocycles. The zero-order chi connectivity index (χ0) is 12.7. The molecule has 0 amide bonds. The van der Waals surface area contributed by atoms with Gasteiger partial charge in [0.05, 0.1) is 11.0 Å². The molecule has 0 aliphatic carbocycles. The van der Waals surface area contributed by atoms with Gasteiger partial charge in [-0.1, -0.05) is 0 Å². The molecule has 0 saturated carbocycles. The molecule has 3 rings (SSSR count). The average molecular weight is 249 g/mol. The van der Waals surface area contributed by atoms with Gasteiger partial charge in [-0.05, 0) is 6.92 Å². The van der Waals surface area contributed by atoms with E-state index in [1.54, 1.807) is 4.40 Å². The molecule has 0 aliphatic heterocycles. The molecule has 5 nitrogen and oxygen atoms in total. The first-order valence-electron chi connectivity index (χ1n) is 5.43. The van der Waals surface area contributed by atoms with Gasteiger partial charge >= 0.3 is 0 Å². The van der Waals surface area contributed by atoms with Crippen molar-refractivity contribution in [3.63, 3.8) is 0 Å². The van der Waals surface area contributed by atoms with Crippen molar-refractivity contribution in [1.29, 1.82) is 0 Å². The van der Waals surface area contributed by atoms with Gasteiger partial charge in [0.1, 0.15) is 6.33 Å².